The number of phenolic OH excluding ortho intramolecular Hbond substituents is 1. The number of fused-ring (bicyclic) bond motifs is 1. The number of aromatic hydroxyl groups is 1. The van der Waals surface area contributed by atoms with Crippen LogP contribution in [0.3, 0.4) is 0 Å². The molecule has 1 aromatic heterocycles. The van der Waals surface area contributed by atoms with Crippen molar-refractivity contribution in [3.8, 4) is 5.75 Å². The van der Waals surface area contributed by atoms with Gasteiger partial charge in [-0.15, -0.1) is 11.3 Å². The van der Waals surface area contributed by atoms with Gasteiger partial charge in [-0.3, -0.25) is 0 Å². The number of rotatable bonds is 0. The normalized spacial score (nSPS) is 10.8. The molecular weight excluding hydrogens is 307 g/mol. The highest BCUT2D eigenvalue weighted by Gasteiger charge is 2.04. The maximum atomic E-state index is 9.28. The molecule has 0 radical (unpaired) electrons. The number of hydrogen-bond acceptors (Lipinski definition) is 2. The van der Waals surface area contributed by atoms with Crippen LogP contribution in [0.5, 0.6) is 5.75 Å². The van der Waals surface area contributed by atoms with Crippen LogP contribution in [-0.4, -0.2) is 5.11 Å². The molecule has 0 spiro atoms. The van der Waals surface area contributed by atoms with E-state index in [2.05, 4.69) is 22.6 Å². The van der Waals surface area contributed by atoms with Gasteiger partial charge in [0.25, 0.3) is 0 Å². The second kappa shape index (κ2) is 3.05. The first-order valence-electron chi connectivity index (χ1n) is 3.24. The number of benzene rings is 1. The minimum Gasteiger partial charge on any atom is -0.508 e. The van der Waals surface area contributed by atoms with E-state index in [1.165, 1.54) is 11.3 Å². The molecule has 0 bridgehead atoms. The molecule has 0 aliphatic carbocycles. The zero-order valence-corrected chi connectivity index (χ0v) is 9.57. The largest absolute Gasteiger partial charge is 0.508 e. The molecular formula is C8H4ClIOS. The Labute approximate surface area is 92.1 Å². The summed E-state index contributed by atoms with van der Waals surface area (Å²) in [7, 11) is 0. The van der Waals surface area contributed by atoms with E-state index in [4.69, 9.17) is 11.6 Å². The molecule has 1 nitrogen and oxygen atoms in total. The number of thiophene rings is 1. The van der Waals surface area contributed by atoms with Gasteiger partial charge in [-0.1, -0.05) is 11.6 Å². The summed E-state index contributed by atoms with van der Waals surface area (Å²) in [5.41, 5.74) is 0. The molecule has 0 saturated heterocycles. The van der Waals surface area contributed by atoms with Crippen LogP contribution in [0.2, 0.25) is 4.34 Å². The minimum atomic E-state index is 0.293. The zero-order valence-electron chi connectivity index (χ0n) is 5.84. The molecule has 0 atom stereocenters. The van der Waals surface area contributed by atoms with Crippen molar-refractivity contribution in [1.29, 1.82) is 0 Å². The summed E-state index contributed by atoms with van der Waals surface area (Å²) < 4.78 is 2.94. The predicted octanol–water partition coefficient (Wildman–Crippen LogP) is 3.86. The Bertz CT molecular complexity index is 438. The fourth-order valence-corrected chi connectivity index (χ4v) is 3.15. The summed E-state index contributed by atoms with van der Waals surface area (Å²) in [5, 5.41) is 10.3. The van der Waals surface area contributed by atoms with E-state index in [9.17, 15) is 5.11 Å². The molecule has 1 N–H and O–H groups in total. The van der Waals surface area contributed by atoms with Crippen LogP contribution in [0.4, 0.5) is 0 Å². The van der Waals surface area contributed by atoms with Crippen LogP contribution in [0, 0.1) is 3.57 Å². The van der Waals surface area contributed by atoms with Crippen molar-refractivity contribution in [3.05, 3.63) is 26.1 Å². The number of hydrogen-bond donors (Lipinski definition) is 1. The monoisotopic (exact) mass is 310 g/mol. The maximum absolute atomic E-state index is 9.28. The third-order valence-electron chi connectivity index (χ3n) is 1.53. The lowest BCUT2D eigenvalue weighted by Crippen LogP contribution is -1.70. The number of phenols is 1. The molecule has 0 aliphatic heterocycles. The lowest BCUT2D eigenvalue weighted by atomic mass is 10.2. The van der Waals surface area contributed by atoms with Crippen LogP contribution in [0.25, 0.3) is 10.1 Å². The van der Waals surface area contributed by atoms with Gasteiger partial charge in [0.15, 0.2) is 0 Å². The van der Waals surface area contributed by atoms with E-state index in [1.54, 1.807) is 12.1 Å². The first kappa shape index (κ1) is 8.59. The summed E-state index contributed by atoms with van der Waals surface area (Å²) in [6.45, 7) is 0. The van der Waals surface area contributed by atoms with Gasteiger partial charge in [-0.05, 0) is 46.2 Å². The molecule has 0 saturated carbocycles. The predicted molar refractivity (Wildman–Crippen MR) is 61.2 cm³/mol. The van der Waals surface area contributed by atoms with Gasteiger partial charge in [0.2, 0.25) is 0 Å². The summed E-state index contributed by atoms with van der Waals surface area (Å²) >= 11 is 9.56. The Balaban J connectivity index is 2.88. The summed E-state index contributed by atoms with van der Waals surface area (Å²) in [4.78, 5) is 0. The van der Waals surface area contributed by atoms with Crippen LogP contribution in [0.15, 0.2) is 18.2 Å². The number of halogens is 2. The van der Waals surface area contributed by atoms with E-state index in [0.717, 1.165) is 18.0 Å². The Morgan fingerprint density at radius 1 is 1.33 bits per heavy atom. The Morgan fingerprint density at radius 3 is 2.83 bits per heavy atom. The van der Waals surface area contributed by atoms with Gasteiger partial charge in [-0.2, -0.15) is 0 Å². The molecule has 0 fully saturated rings. The van der Waals surface area contributed by atoms with Gasteiger partial charge in [0.05, 0.1) is 4.34 Å². The Morgan fingerprint density at radius 2 is 2.08 bits per heavy atom. The molecule has 2 rings (SSSR count). The van der Waals surface area contributed by atoms with Crippen LogP contribution >= 0.6 is 45.5 Å². The molecule has 12 heavy (non-hydrogen) atoms. The van der Waals surface area contributed by atoms with Crippen molar-refractivity contribution in [2.24, 2.45) is 0 Å². The first-order valence-corrected chi connectivity index (χ1v) is 5.52. The third kappa shape index (κ3) is 1.41. The van der Waals surface area contributed by atoms with Gasteiger partial charge in [-0.25, -0.2) is 0 Å². The average molecular weight is 311 g/mol. The van der Waals surface area contributed by atoms with Crippen molar-refractivity contribution in [3.63, 3.8) is 0 Å². The average Bonchev–Trinajstić information content (AvgIpc) is 2.29. The summed E-state index contributed by atoms with van der Waals surface area (Å²) in [5.74, 6) is 0.293. The van der Waals surface area contributed by atoms with E-state index in [1.807, 2.05) is 6.07 Å². The molecule has 1 heterocycles. The minimum absolute atomic E-state index is 0.293. The van der Waals surface area contributed by atoms with Crippen molar-refractivity contribution in [2.45, 2.75) is 0 Å². The van der Waals surface area contributed by atoms with E-state index in [-0.39, 0.29) is 0 Å². The van der Waals surface area contributed by atoms with Crippen molar-refractivity contribution >= 4 is 55.6 Å². The van der Waals surface area contributed by atoms with E-state index in [0.29, 0.717) is 5.75 Å². The van der Waals surface area contributed by atoms with Crippen LogP contribution in [0.1, 0.15) is 0 Å². The summed E-state index contributed by atoms with van der Waals surface area (Å²) in [6.07, 6.45) is 0. The SMILES string of the molecule is Oc1cc(I)c2sc(Cl)cc2c1. The van der Waals surface area contributed by atoms with Gasteiger partial charge in [0.1, 0.15) is 5.75 Å². The fraction of sp³-hybridized carbons (Fsp3) is 0. The standard InChI is InChI=1S/C8H4ClIOS/c9-7-2-4-1-5(11)3-6(10)8(4)12-7/h1-3,11H. The van der Waals surface area contributed by atoms with Crippen molar-refractivity contribution in [2.75, 3.05) is 0 Å². The molecule has 4 heteroatoms. The smallest absolute Gasteiger partial charge is 0.117 e. The van der Waals surface area contributed by atoms with Gasteiger partial charge in [0, 0.05) is 8.27 Å². The van der Waals surface area contributed by atoms with E-state index < -0.39 is 0 Å². The topological polar surface area (TPSA) is 20.2 Å². The highest BCUT2D eigenvalue weighted by Crippen LogP contribution is 2.35. The molecule has 1 aromatic carbocycles. The quantitative estimate of drug-likeness (QED) is 0.733. The van der Waals surface area contributed by atoms with E-state index >= 15 is 0 Å². The zero-order chi connectivity index (χ0) is 8.72. The molecule has 0 unspecified atom stereocenters. The fourth-order valence-electron chi connectivity index (χ4n) is 1.06. The molecule has 0 amide bonds. The molecule has 62 valence electrons. The second-order valence-corrected chi connectivity index (χ2v) is 5.24. The Kier molecular flexibility index (Phi) is 2.18. The Hall–Kier alpha value is -0.000000000000000111. The van der Waals surface area contributed by atoms with Crippen LogP contribution < -0.4 is 0 Å². The van der Waals surface area contributed by atoms with Crippen molar-refractivity contribution < 1.29 is 5.11 Å². The lowest BCUT2D eigenvalue weighted by molar-refractivity contribution is 0.476. The van der Waals surface area contributed by atoms with Gasteiger partial charge < -0.3 is 5.11 Å². The van der Waals surface area contributed by atoms with Crippen LogP contribution in [-0.2, 0) is 0 Å². The molecule has 2 aromatic rings. The van der Waals surface area contributed by atoms with Gasteiger partial charge >= 0.3 is 0 Å². The lowest BCUT2D eigenvalue weighted by Gasteiger charge is -1.94. The highest BCUT2D eigenvalue weighted by atomic mass is 127. The second-order valence-electron chi connectivity index (χ2n) is 2.40. The summed E-state index contributed by atoms with van der Waals surface area (Å²) in [6, 6.07) is 5.32. The third-order valence-corrected chi connectivity index (χ3v) is 4.06. The first-order chi connectivity index (χ1) is 5.66. The highest BCUT2D eigenvalue weighted by molar-refractivity contribution is 14.1. The van der Waals surface area contributed by atoms with Crippen molar-refractivity contribution in [1.82, 2.24) is 0 Å². The maximum Gasteiger partial charge on any atom is 0.117 e. The molecule has 0 aliphatic rings.